The fraction of sp³-hybridized carbons (Fsp3) is 0.333. The van der Waals surface area contributed by atoms with Crippen LogP contribution in [-0.2, 0) is 4.79 Å². The van der Waals surface area contributed by atoms with Gasteiger partial charge in [0.15, 0.2) is 5.78 Å². The highest BCUT2D eigenvalue weighted by Gasteiger charge is 2.32. The Balaban J connectivity index is 1.76. The van der Waals surface area contributed by atoms with Gasteiger partial charge in [-0.2, -0.15) is 0 Å². The van der Waals surface area contributed by atoms with Gasteiger partial charge in [0.05, 0.1) is 5.69 Å². The molecule has 0 amide bonds. The van der Waals surface area contributed by atoms with Gasteiger partial charge in [0, 0.05) is 12.1 Å². The summed E-state index contributed by atoms with van der Waals surface area (Å²) in [5.74, 6) is 1.26. The number of carbonyl (C=O) groups is 1. The number of hydrogen-bond donors (Lipinski definition) is 0. The maximum atomic E-state index is 12.8. The van der Waals surface area contributed by atoms with E-state index in [4.69, 9.17) is 0 Å². The Morgan fingerprint density at radius 2 is 1.65 bits per heavy atom. The van der Waals surface area contributed by atoms with E-state index in [-0.39, 0.29) is 5.92 Å². The average molecular weight is 345 g/mol. The van der Waals surface area contributed by atoms with E-state index in [1.54, 1.807) is 0 Å². The molecule has 1 saturated carbocycles. The van der Waals surface area contributed by atoms with Crippen LogP contribution in [0.5, 0.6) is 0 Å². The van der Waals surface area contributed by atoms with E-state index < -0.39 is 0 Å². The number of rotatable bonds is 4. The Morgan fingerprint density at radius 1 is 0.962 bits per heavy atom. The molecule has 0 radical (unpaired) electrons. The molecule has 3 rings (SSSR count). The highest BCUT2D eigenvalue weighted by atomic mass is 16.1. The largest absolute Gasteiger partial charge is 0.294 e. The summed E-state index contributed by atoms with van der Waals surface area (Å²) < 4.78 is 0. The standard InChI is InChI=1S/C24H27NO/c1-17(2)22-14-9-18(3)23(24(22)26)15-19-10-12-21(13-11-19)25-16-20-7-5-4-6-8-20/h4-8,10-13,15-18,22H,9,14H2,1-3H3. The van der Waals surface area contributed by atoms with Crippen molar-refractivity contribution in [2.24, 2.45) is 22.7 Å². The molecule has 0 aliphatic heterocycles. The van der Waals surface area contributed by atoms with Crippen molar-refractivity contribution in [3.05, 3.63) is 71.3 Å². The summed E-state index contributed by atoms with van der Waals surface area (Å²) in [6.45, 7) is 6.46. The Hall–Kier alpha value is -2.48. The Labute approximate surface area is 156 Å². The molecule has 1 aliphatic carbocycles. The van der Waals surface area contributed by atoms with Gasteiger partial charge in [0.2, 0.25) is 0 Å². The van der Waals surface area contributed by atoms with Gasteiger partial charge in [0.1, 0.15) is 0 Å². The summed E-state index contributed by atoms with van der Waals surface area (Å²) in [5.41, 5.74) is 4.05. The van der Waals surface area contributed by atoms with Crippen molar-refractivity contribution in [1.29, 1.82) is 0 Å². The summed E-state index contributed by atoms with van der Waals surface area (Å²) in [7, 11) is 0. The lowest BCUT2D eigenvalue weighted by atomic mass is 9.73. The van der Waals surface area contributed by atoms with Crippen molar-refractivity contribution in [3.63, 3.8) is 0 Å². The third-order valence-electron chi connectivity index (χ3n) is 5.25. The minimum Gasteiger partial charge on any atom is -0.294 e. The molecular formula is C24H27NO. The zero-order chi connectivity index (χ0) is 18.5. The van der Waals surface area contributed by atoms with Crippen LogP contribution in [-0.4, -0.2) is 12.0 Å². The van der Waals surface area contributed by atoms with Crippen LogP contribution in [0.25, 0.3) is 6.08 Å². The number of aliphatic imine (C=N–C) groups is 1. The quantitative estimate of drug-likeness (QED) is 0.487. The van der Waals surface area contributed by atoms with Crippen LogP contribution in [0, 0.1) is 17.8 Å². The van der Waals surface area contributed by atoms with Crippen LogP contribution in [0.2, 0.25) is 0 Å². The van der Waals surface area contributed by atoms with Crippen LogP contribution < -0.4 is 0 Å². The first-order valence-corrected chi connectivity index (χ1v) is 9.49. The van der Waals surface area contributed by atoms with Gasteiger partial charge in [-0.15, -0.1) is 0 Å². The Morgan fingerprint density at radius 3 is 2.31 bits per heavy atom. The summed E-state index contributed by atoms with van der Waals surface area (Å²) in [4.78, 5) is 17.3. The molecule has 0 heterocycles. The topological polar surface area (TPSA) is 29.4 Å². The minimum absolute atomic E-state index is 0.173. The molecule has 2 aromatic rings. The smallest absolute Gasteiger partial charge is 0.162 e. The van der Waals surface area contributed by atoms with Crippen LogP contribution in [0.1, 0.15) is 44.7 Å². The van der Waals surface area contributed by atoms with Crippen molar-refractivity contribution < 1.29 is 4.79 Å². The van der Waals surface area contributed by atoms with Crippen LogP contribution in [0.15, 0.2) is 65.2 Å². The van der Waals surface area contributed by atoms with Crippen LogP contribution in [0.4, 0.5) is 5.69 Å². The number of benzene rings is 2. The van der Waals surface area contributed by atoms with E-state index in [0.717, 1.165) is 35.2 Å². The second kappa shape index (κ2) is 8.27. The third-order valence-corrected chi connectivity index (χ3v) is 5.25. The molecule has 0 bridgehead atoms. The lowest BCUT2D eigenvalue weighted by Gasteiger charge is -2.30. The molecule has 2 aromatic carbocycles. The lowest BCUT2D eigenvalue weighted by molar-refractivity contribution is -0.122. The van der Waals surface area contributed by atoms with Gasteiger partial charge < -0.3 is 0 Å². The summed E-state index contributed by atoms with van der Waals surface area (Å²) in [6.07, 6.45) is 6.06. The fourth-order valence-corrected chi connectivity index (χ4v) is 3.55. The monoisotopic (exact) mass is 345 g/mol. The molecular weight excluding hydrogens is 318 g/mol. The number of carbonyl (C=O) groups excluding carboxylic acids is 1. The second-order valence-corrected chi connectivity index (χ2v) is 7.55. The summed E-state index contributed by atoms with van der Waals surface area (Å²) >= 11 is 0. The second-order valence-electron chi connectivity index (χ2n) is 7.55. The molecule has 0 N–H and O–H groups in total. The van der Waals surface area contributed by atoms with Crippen molar-refractivity contribution in [2.75, 3.05) is 0 Å². The SMILES string of the molecule is CC1CCC(C(C)C)C(=O)C1=Cc1ccc(N=Cc2ccccc2)cc1. The first-order chi connectivity index (χ1) is 12.5. The normalized spacial score (nSPS) is 22.5. The van der Waals surface area contributed by atoms with E-state index in [1.807, 2.05) is 60.8 Å². The predicted molar refractivity (Wildman–Crippen MR) is 110 cm³/mol. The van der Waals surface area contributed by atoms with Crippen LogP contribution in [0.3, 0.4) is 0 Å². The van der Waals surface area contributed by atoms with E-state index in [0.29, 0.717) is 17.6 Å². The van der Waals surface area contributed by atoms with E-state index in [2.05, 4.69) is 31.8 Å². The average Bonchev–Trinajstić information content (AvgIpc) is 2.65. The molecule has 26 heavy (non-hydrogen) atoms. The molecule has 1 aliphatic rings. The number of allylic oxidation sites excluding steroid dienone is 1. The van der Waals surface area contributed by atoms with Gasteiger partial charge >= 0.3 is 0 Å². The molecule has 134 valence electrons. The van der Waals surface area contributed by atoms with Gasteiger partial charge in [-0.25, -0.2) is 0 Å². The van der Waals surface area contributed by atoms with E-state index >= 15 is 0 Å². The molecule has 2 unspecified atom stereocenters. The highest BCUT2D eigenvalue weighted by Crippen LogP contribution is 2.35. The molecule has 0 aromatic heterocycles. The Kier molecular flexibility index (Phi) is 5.82. The molecule has 2 heteroatoms. The number of Topliss-reactive ketones (excluding diaryl/α,β-unsaturated/α-hetero) is 1. The van der Waals surface area contributed by atoms with Gasteiger partial charge in [-0.3, -0.25) is 9.79 Å². The highest BCUT2D eigenvalue weighted by molar-refractivity contribution is 6.02. The number of hydrogen-bond acceptors (Lipinski definition) is 2. The third kappa shape index (κ3) is 4.37. The van der Waals surface area contributed by atoms with Gasteiger partial charge in [0.25, 0.3) is 0 Å². The molecule has 2 nitrogen and oxygen atoms in total. The molecule has 0 spiro atoms. The molecule has 0 saturated heterocycles. The lowest BCUT2D eigenvalue weighted by Crippen LogP contribution is -2.30. The van der Waals surface area contributed by atoms with Crippen molar-refractivity contribution in [2.45, 2.75) is 33.6 Å². The van der Waals surface area contributed by atoms with Crippen molar-refractivity contribution in [1.82, 2.24) is 0 Å². The maximum absolute atomic E-state index is 12.8. The predicted octanol–water partition coefficient (Wildman–Crippen LogP) is 6.09. The van der Waals surface area contributed by atoms with E-state index in [1.165, 1.54) is 0 Å². The van der Waals surface area contributed by atoms with Crippen molar-refractivity contribution in [3.8, 4) is 0 Å². The fourth-order valence-electron chi connectivity index (χ4n) is 3.55. The summed E-state index contributed by atoms with van der Waals surface area (Å²) in [5, 5.41) is 0. The van der Waals surface area contributed by atoms with E-state index in [9.17, 15) is 4.79 Å². The van der Waals surface area contributed by atoms with Crippen molar-refractivity contribution >= 4 is 23.8 Å². The van der Waals surface area contributed by atoms with Gasteiger partial charge in [-0.1, -0.05) is 63.2 Å². The maximum Gasteiger partial charge on any atom is 0.162 e. The Bertz CT molecular complexity index is 800. The molecule has 1 fully saturated rings. The summed E-state index contributed by atoms with van der Waals surface area (Å²) in [6, 6.07) is 18.2. The van der Waals surface area contributed by atoms with Crippen LogP contribution >= 0.6 is 0 Å². The molecule has 2 atom stereocenters. The zero-order valence-corrected chi connectivity index (χ0v) is 15.9. The van der Waals surface area contributed by atoms with Gasteiger partial charge in [-0.05, 0) is 59.6 Å². The first kappa shape index (κ1) is 18.3. The number of nitrogens with zero attached hydrogens (tertiary/aromatic N) is 1. The zero-order valence-electron chi connectivity index (χ0n) is 15.9. The number of ketones is 1. The first-order valence-electron chi connectivity index (χ1n) is 9.49. The minimum atomic E-state index is 0.173.